The van der Waals surface area contributed by atoms with Gasteiger partial charge in [0, 0.05) is 32.3 Å². The molecular formula is C29H44N2O2. The maximum Gasteiger partial charge on any atom is 0.234 e. The molecule has 2 aromatic carbocycles. The highest BCUT2D eigenvalue weighted by molar-refractivity contribution is 5.78. The van der Waals surface area contributed by atoms with E-state index in [-0.39, 0.29) is 11.9 Å². The monoisotopic (exact) mass is 452 g/mol. The van der Waals surface area contributed by atoms with Crippen LogP contribution in [0.1, 0.15) is 82.4 Å². The van der Waals surface area contributed by atoms with Gasteiger partial charge in [-0.25, -0.2) is 0 Å². The summed E-state index contributed by atoms with van der Waals surface area (Å²) < 4.78 is 5.73. The van der Waals surface area contributed by atoms with E-state index in [1.807, 2.05) is 12.1 Å². The Kier molecular flexibility index (Phi) is 14.2. The summed E-state index contributed by atoms with van der Waals surface area (Å²) >= 11 is 0. The average molecular weight is 453 g/mol. The van der Waals surface area contributed by atoms with Crippen LogP contribution in [0.4, 0.5) is 0 Å². The van der Waals surface area contributed by atoms with Crippen LogP contribution in [-0.2, 0) is 16.1 Å². The van der Waals surface area contributed by atoms with Crippen LogP contribution in [0.5, 0.6) is 0 Å². The molecule has 0 spiro atoms. The van der Waals surface area contributed by atoms with Crippen LogP contribution in [0.25, 0.3) is 0 Å². The van der Waals surface area contributed by atoms with E-state index in [0.29, 0.717) is 6.54 Å². The van der Waals surface area contributed by atoms with Gasteiger partial charge in [0.25, 0.3) is 0 Å². The van der Waals surface area contributed by atoms with Gasteiger partial charge in [-0.15, -0.1) is 0 Å². The molecule has 1 amide bonds. The first-order valence-electron chi connectivity index (χ1n) is 12.9. The molecule has 1 unspecified atom stereocenters. The third-order valence-corrected chi connectivity index (χ3v) is 6.08. The van der Waals surface area contributed by atoms with Crippen LogP contribution in [0, 0.1) is 0 Å². The van der Waals surface area contributed by atoms with Gasteiger partial charge in [0.05, 0.1) is 6.54 Å². The van der Waals surface area contributed by atoms with Gasteiger partial charge in [-0.1, -0.05) is 93.3 Å². The zero-order valence-corrected chi connectivity index (χ0v) is 20.8. The van der Waals surface area contributed by atoms with Crippen molar-refractivity contribution >= 4 is 5.91 Å². The Bertz CT molecular complexity index is 736. The minimum atomic E-state index is 0.0945. The lowest BCUT2D eigenvalue weighted by atomic mass is 10.1. The van der Waals surface area contributed by atoms with Crippen molar-refractivity contribution in [3.05, 3.63) is 71.8 Å². The Morgan fingerprint density at radius 2 is 1.45 bits per heavy atom. The predicted octanol–water partition coefficient (Wildman–Crippen LogP) is 6.52. The van der Waals surface area contributed by atoms with Crippen molar-refractivity contribution in [3.63, 3.8) is 0 Å². The molecule has 0 aromatic heterocycles. The first kappa shape index (κ1) is 27.1. The number of nitrogens with one attached hydrogen (secondary N) is 1. The molecule has 33 heavy (non-hydrogen) atoms. The summed E-state index contributed by atoms with van der Waals surface area (Å²) in [4.78, 5) is 14.9. The van der Waals surface area contributed by atoms with Crippen LogP contribution >= 0.6 is 0 Å². The highest BCUT2D eigenvalue weighted by atomic mass is 16.5. The highest BCUT2D eigenvalue weighted by Crippen LogP contribution is 2.22. The van der Waals surface area contributed by atoms with Crippen molar-refractivity contribution in [2.24, 2.45) is 0 Å². The summed E-state index contributed by atoms with van der Waals surface area (Å²) in [6.45, 7) is 8.01. The summed E-state index contributed by atoms with van der Waals surface area (Å²) in [6, 6.07) is 21.0. The summed E-state index contributed by atoms with van der Waals surface area (Å²) in [7, 11) is 0. The van der Waals surface area contributed by atoms with Gasteiger partial charge in [0.1, 0.15) is 0 Å². The molecule has 1 atom stereocenters. The second-order valence-corrected chi connectivity index (χ2v) is 8.91. The topological polar surface area (TPSA) is 41.6 Å². The molecule has 2 rings (SSSR count). The SMILES string of the molecule is CCCCCCCOCCCCCNC(=O)CN(Cc1ccccc1)C(C)c1ccccc1. The molecule has 0 aliphatic rings. The summed E-state index contributed by atoms with van der Waals surface area (Å²) in [5.74, 6) is 0.0945. The van der Waals surface area contributed by atoms with Crippen molar-refractivity contribution in [1.29, 1.82) is 0 Å². The molecule has 4 nitrogen and oxygen atoms in total. The Labute approximate surface area is 201 Å². The van der Waals surface area contributed by atoms with Crippen molar-refractivity contribution < 1.29 is 9.53 Å². The fraction of sp³-hybridized carbons (Fsp3) is 0.552. The first-order valence-corrected chi connectivity index (χ1v) is 12.9. The second kappa shape index (κ2) is 17.3. The number of carbonyl (C=O) groups is 1. The molecule has 0 radical (unpaired) electrons. The van der Waals surface area contributed by atoms with Crippen molar-refractivity contribution in [1.82, 2.24) is 10.2 Å². The number of ether oxygens (including phenoxy) is 1. The predicted molar refractivity (Wildman–Crippen MR) is 138 cm³/mol. The molecule has 0 saturated carbocycles. The summed E-state index contributed by atoms with van der Waals surface area (Å²) in [6.07, 6.45) is 9.56. The fourth-order valence-electron chi connectivity index (χ4n) is 3.97. The number of rotatable bonds is 18. The van der Waals surface area contributed by atoms with Gasteiger partial charge in [-0.05, 0) is 43.7 Å². The molecule has 2 aromatic rings. The van der Waals surface area contributed by atoms with Crippen LogP contribution in [-0.4, -0.2) is 37.1 Å². The second-order valence-electron chi connectivity index (χ2n) is 8.91. The minimum Gasteiger partial charge on any atom is -0.381 e. The third-order valence-electron chi connectivity index (χ3n) is 6.08. The molecule has 0 heterocycles. The lowest BCUT2D eigenvalue weighted by Gasteiger charge is -2.29. The Morgan fingerprint density at radius 3 is 2.12 bits per heavy atom. The number of hydrogen-bond acceptors (Lipinski definition) is 3. The van der Waals surface area contributed by atoms with E-state index in [0.717, 1.165) is 45.6 Å². The van der Waals surface area contributed by atoms with E-state index >= 15 is 0 Å². The molecule has 182 valence electrons. The number of benzene rings is 2. The summed E-state index contributed by atoms with van der Waals surface area (Å²) in [5.41, 5.74) is 2.45. The zero-order valence-electron chi connectivity index (χ0n) is 20.8. The van der Waals surface area contributed by atoms with Gasteiger partial charge < -0.3 is 10.1 Å². The van der Waals surface area contributed by atoms with E-state index < -0.39 is 0 Å². The molecule has 0 saturated heterocycles. The highest BCUT2D eigenvalue weighted by Gasteiger charge is 2.19. The number of amides is 1. The van der Waals surface area contributed by atoms with Crippen LogP contribution < -0.4 is 5.32 Å². The van der Waals surface area contributed by atoms with Gasteiger partial charge in [0.15, 0.2) is 0 Å². The van der Waals surface area contributed by atoms with Crippen LogP contribution in [0.15, 0.2) is 60.7 Å². The fourth-order valence-corrected chi connectivity index (χ4v) is 3.97. The summed E-state index contributed by atoms with van der Waals surface area (Å²) in [5, 5.41) is 3.11. The van der Waals surface area contributed by atoms with E-state index in [2.05, 4.69) is 72.6 Å². The first-order chi connectivity index (χ1) is 16.2. The van der Waals surface area contributed by atoms with Crippen LogP contribution in [0.3, 0.4) is 0 Å². The quantitative estimate of drug-likeness (QED) is 0.262. The minimum absolute atomic E-state index is 0.0945. The van der Waals surface area contributed by atoms with Gasteiger partial charge in [-0.2, -0.15) is 0 Å². The lowest BCUT2D eigenvalue weighted by molar-refractivity contribution is -0.122. The largest absolute Gasteiger partial charge is 0.381 e. The standard InChI is InChI=1S/C29H44N2O2/c1-3-4-5-6-15-22-33-23-16-9-14-21-30-29(32)25-31(24-27-17-10-7-11-18-27)26(2)28-19-12-8-13-20-28/h7-8,10-13,17-20,26H,3-6,9,14-16,21-25H2,1-2H3,(H,30,32). The van der Waals surface area contributed by atoms with Crippen molar-refractivity contribution in [3.8, 4) is 0 Å². The maximum absolute atomic E-state index is 12.7. The molecule has 1 N–H and O–H groups in total. The molecule has 0 aliphatic carbocycles. The lowest BCUT2D eigenvalue weighted by Crippen LogP contribution is -2.38. The maximum atomic E-state index is 12.7. The Morgan fingerprint density at radius 1 is 0.848 bits per heavy atom. The molecule has 0 fully saturated rings. The van der Waals surface area contributed by atoms with Crippen molar-refractivity contribution in [2.45, 2.75) is 77.8 Å². The smallest absolute Gasteiger partial charge is 0.234 e. The molecule has 0 bridgehead atoms. The van der Waals surface area contributed by atoms with E-state index in [1.54, 1.807) is 0 Å². The Hall–Kier alpha value is -2.17. The Balaban J connectivity index is 1.66. The number of nitrogens with zero attached hydrogens (tertiary/aromatic N) is 1. The third kappa shape index (κ3) is 12.0. The van der Waals surface area contributed by atoms with E-state index in [9.17, 15) is 4.79 Å². The van der Waals surface area contributed by atoms with Crippen LogP contribution in [0.2, 0.25) is 0 Å². The van der Waals surface area contributed by atoms with E-state index in [1.165, 1.54) is 43.2 Å². The van der Waals surface area contributed by atoms with Gasteiger partial charge in [0.2, 0.25) is 5.91 Å². The average Bonchev–Trinajstić information content (AvgIpc) is 2.85. The number of hydrogen-bond donors (Lipinski definition) is 1. The van der Waals surface area contributed by atoms with Gasteiger partial charge >= 0.3 is 0 Å². The van der Waals surface area contributed by atoms with Crippen molar-refractivity contribution in [2.75, 3.05) is 26.3 Å². The zero-order chi connectivity index (χ0) is 23.6. The normalized spacial score (nSPS) is 12.1. The van der Waals surface area contributed by atoms with E-state index in [4.69, 9.17) is 4.74 Å². The number of unbranched alkanes of at least 4 members (excludes halogenated alkanes) is 6. The molecule has 4 heteroatoms. The molecule has 0 aliphatic heterocycles. The number of carbonyl (C=O) groups excluding carboxylic acids is 1. The van der Waals surface area contributed by atoms with Gasteiger partial charge in [-0.3, -0.25) is 9.69 Å². The molecular weight excluding hydrogens is 408 g/mol.